The van der Waals surface area contributed by atoms with E-state index in [1.54, 1.807) is 0 Å². The van der Waals surface area contributed by atoms with Gasteiger partial charge in [0.05, 0.1) is 12.5 Å². The highest BCUT2D eigenvalue weighted by molar-refractivity contribution is 7.89. The van der Waals surface area contributed by atoms with Gasteiger partial charge < -0.3 is 15.4 Å². The highest BCUT2D eigenvalue weighted by atomic mass is 32.2. The van der Waals surface area contributed by atoms with Gasteiger partial charge in [0, 0.05) is 50.3 Å². The quantitative estimate of drug-likeness (QED) is 0.641. The molecule has 1 saturated carbocycles. The fourth-order valence-corrected chi connectivity index (χ4v) is 5.70. The van der Waals surface area contributed by atoms with Crippen molar-refractivity contribution >= 4 is 15.9 Å². The van der Waals surface area contributed by atoms with Crippen LogP contribution in [-0.2, 0) is 14.8 Å². The highest BCUT2D eigenvalue weighted by Gasteiger charge is 2.42. The summed E-state index contributed by atoms with van der Waals surface area (Å²) in [7, 11) is -3.60. The Morgan fingerprint density at radius 3 is 2.45 bits per heavy atom. The Balaban J connectivity index is 1.26. The second-order valence-electron chi connectivity index (χ2n) is 8.61. The number of piperidine rings is 1. The van der Waals surface area contributed by atoms with Crippen molar-refractivity contribution in [3.63, 3.8) is 0 Å². The van der Waals surface area contributed by atoms with Crippen LogP contribution in [0.3, 0.4) is 0 Å². The number of amides is 1. The van der Waals surface area contributed by atoms with Crippen LogP contribution in [0.5, 0.6) is 5.88 Å². The van der Waals surface area contributed by atoms with Crippen molar-refractivity contribution in [2.45, 2.75) is 30.6 Å². The SMILES string of the molecule is NCC(=CF)COc1ccc(S(=O)(=O)N2CC(C3CCN(C(=O)C4CC4)CC3)C2)cn1. The van der Waals surface area contributed by atoms with Crippen LogP contribution in [0.15, 0.2) is 35.1 Å². The molecule has 2 N–H and O–H groups in total. The Morgan fingerprint density at radius 1 is 1.19 bits per heavy atom. The van der Waals surface area contributed by atoms with Gasteiger partial charge in [0.1, 0.15) is 11.5 Å². The molecule has 3 heterocycles. The molecule has 31 heavy (non-hydrogen) atoms. The first-order chi connectivity index (χ1) is 14.9. The third-order valence-electron chi connectivity index (χ3n) is 6.49. The van der Waals surface area contributed by atoms with E-state index in [9.17, 15) is 17.6 Å². The molecule has 2 saturated heterocycles. The lowest BCUT2D eigenvalue weighted by Gasteiger charge is -2.45. The van der Waals surface area contributed by atoms with Crippen LogP contribution in [0, 0.1) is 17.8 Å². The van der Waals surface area contributed by atoms with Crippen molar-refractivity contribution in [1.82, 2.24) is 14.2 Å². The molecule has 170 valence electrons. The number of aromatic nitrogens is 1. The standard InChI is InChI=1S/C21H29FN4O4S/c22-9-15(10-23)14-30-20-4-3-19(11-24-20)31(28,29)26-12-18(13-26)16-5-7-25(8-6-16)21(27)17-1-2-17/h3-4,9,11,16-18H,1-2,5-8,10,12-14,23H2. The number of rotatable bonds is 8. The molecule has 1 aromatic rings. The van der Waals surface area contributed by atoms with Gasteiger partial charge in [-0.15, -0.1) is 0 Å². The van der Waals surface area contributed by atoms with Crippen LogP contribution in [0.2, 0.25) is 0 Å². The minimum Gasteiger partial charge on any atom is -0.473 e. The Morgan fingerprint density at radius 2 is 1.90 bits per heavy atom. The van der Waals surface area contributed by atoms with Gasteiger partial charge in [0.15, 0.2) is 0 Å². The molecule has 0 radical (unpaired) electrons. The van der Waals surface area contributed by atoms with E-state index in [1.807, 2.05) is 4.90 Å². The van der Waals surface area contributed by atoms with E-state index in [4.69, 9.17) is 10.5 Å². The summed E-state index contributed by atoms with van der Waals surface area (Å²) in [6, 6.07) is 2.91. The molecule has 10 heteroatoms. The number of hydrogen-bond donors (Lipinski definition) is 1. The van der Waals surface area contributed by atoms with Crippen molar-refractivity contribution in [3.05, 3.63) is 30.2 Å². The van der Waals surface area contributed by atoms with Crippen molar-refractivity contribution in [1.29, 1.82) is 0 Å². The van der Waals surface area contributed by atoms with Gasteiger partial charge in [-0.2, -0.15) is 4.31 Å². The molecule has 1 amide bonds. The summed E-state index contributed by atoms with van der Waals surface area (Å²) in [5.74, 6) is 1.57. The third kappa shape index (κ3) is 4.91. The van der Waals surface area contributed by atoms with Gasteiger partial charge >= 0.3 is 0 Å². The summed E-state index contributed by atoms with van der Waals surface area (Å²) >= 11 is 0. The Hall–Kier alpha value is -2.04. The minimum absolute atomic E-state index is 0.0366. The summed E-state index contributed by atoms with van der Waals surface area (Å²) in [6.45, 7) is 2.59. The fraction of sp³-hybridized carbons (Fsp3) is 0.619. The van der Waals surface area contributed by atoms with E-state index in [0.29, 0.717) is 37.2 Å². The van der Waals surface area contributed by atoms with E-state index >= 15 is 0 Å². The van der Waals surface area contributed by atoms with Gasteiger partial charge in [-0.3, -0.25) is 4.79 Å². The Kier molecular flexibility index (Phi) is 6.59. The molecule has 1 aromatic heterocycles. The van der Waals surface area contributed by atoms with E-state index in [-0.39, 0.29) is 35.4 Å². The Labute approximate surface area is 182 Å². The molecule has 2 aliphatic heterocycles. The number of ether oxygens (including phenoxy) is 1. The number of sulfonamides is 1. The molecule has 0 bridgehead atoms. The average molecular weight is 453 g/mol. The van der Waals surface area contributed by atoms with Crippen molar-refractivity contribution in [3.8, 4) is 5.88 Å². The predicted octanol–water partition coefficient (Wildman–Crippen LogP) is 1.54. The monoisotopic (exact) mass is 452 g/mol. The first-order valence-electron chi connectivity index (χ1n) is 10.8. The summed E-state index contributed by atoms with van der Waals surface area (Å²) in [5.41, 5.74) is 5.66. The van der Waals surface area contributed by atoms with E-state index in [1.165, 1.54) is 22.6 Å². The van der Waals surface area contributed by atoms with Crippen LogP contribution < -0.4 is 10.5 Å². The number of nitrogens with two attached hydrogens (primary N) is 1. The maximum Gasteiger partial charge on any atom is 0.244 e. The molecule has 3 fully saturated rings. The summed E-state index contributed by atoms with van der Waals surface area (Å²) in [4.78, 5) is 18.3. The first kappa shape index (κ1) is 22.2. The zero-order valence-corrected chi connectivity index (χ0v) is 18.3. The second kappa shape index (κ2) is 9.22. The third-order valence-corrected chi connectivity index (χ3v) is 8.30. The zero-order valence-electron chi connectivity index (χ0n) is 17.5. The topological polar surface area (TPSA) is 106 Å². The molecule has 3 aliphatic rings. The minimum atomic E-state index is -3.60. The Bertz CT molecular complexity index is 919. The van der Waals surface area contributed by atoms with Crippen LogP contribution in [0.4, 0.5) is 4.39 Å². The molecule has 8 nitrogen and oxygen atoms in total. The molecular formula is C21H29FN4O4S. The lowest BCUT2D eigenvalue weighted by molar-refractivity contribution is -0.134. The van der Waals surface area contributed by atoms with E-state index < -0.39 is 10.0 Å². The maximum absolute atomic E-state index is 12.9. The molecule has 0 spiro atoms. The molecule has 1 aliphatic carbocycles. The lowest BCUT2D eigenvalue weighted by Crippen LogP contribution is -2.54. The summed E-state index contributed by atoms with van der Waals surface area (Å²) in [5, 5.41) is 0. The van der Waals surface area contributed by atoms with Crippen LogP contribution in [0.1, 0.15) is 25.7 Å². The van der Waals surface area contributed by atoms with Crippen LogP contribution in [0.25, 0.3) is 0 Å². The maximum atomic E-state index is 12.9. The number of halogens is 1. The molecule has 0 atom stereocenters. The van der Waals surface area contributed by atoms with Crippen LogP contribution in [-0.4, -0.2) is 67.8 Å². The predicted molar refractivity (Wildman–Crippen MR) is 112 cm³/mol. The zero-order chi connectivity index (χ0) is 22.0. The number of likely N-dealkylation sites (tertiary alicyclic amines) is 1. The number of carbonyl (C=O) groups excluding carboxylic acids is 1. The van der Waals surface area contributed by atoms with Crippen LogP contribution >= 0.6 is 0 Å². The molecule has 0 aromatic carbocycles. The summed E-state index contributed by atoms with van der Waals surface area (Å²) in [6.07, 6.45) is 5.61. The average Bonchev–Trinajstić information content (AvgIpc) is 3.59. The van der Waals surface area contributed by atoms with Gasteiger partial charge in [-0.25, -0.2) is 17.8 Å². The molecule has 0 unspecified atom stereocenters. The normalized spacial score (nSPS) is 21.7. The fourth-order valence-electron chi connectivity index (χ4n) is 4.20. The first-order valence-corrected chi connectivity index (χ1v) is 12.2. The summed E-state index contributed by atoms with van der Waals surface area (Å²) < 4.78 is 45.0. The van der Waals surface area contributed by atoms with Crippen molar-refractivity contribution in [2.24, 2.45) is 23.5 Å². The smallest absolute Gasteiger partial charge is 0.244 e. The van der Waals surface area contributed by atoms with Gasteiger partial charge in [0.2, 0.25) is 21.8 Å². The number of hydrogen-bond acceptors (Lipinski definition) is 6. The van der Waals surface area contributed by atoms with Crippen molar-refractivity contribution < 1.29 is 22.3 Å². The van der Waals surface area contributed by atoms with Gasteiger partial charge in [-0.1, -0.05) is 0 Å². The molecule has 4 rings (SSSR count). The van der Waals surface area contributed by atoms with Crippen molar-refractivity contribution in [2.75, 3.05) is 39.3 Å². The van der Waals surface area contributed by atoms with Gasteiger partial charge in [0.25, 0.3) is 0 Å². The number of nitrogens with zero attached hydrogens (tertiary/aromatic N) is 3. The second-order valence-corrected chi connectivity index (χ2v) is 10.5. The van der Waals surface area contributed by atoms with Gasteiger partial charge in [-0.05, 0) is 43.6 Å². The number of pyridine rings is 1. The van der Waals surface area contributed by atoms with E-state index in [0.717, 1.165) is 38.8 Å². The highest BCUT2D eigenvalue weighted by Crippen LogP contribution is 2.37. The number of carbonyl (C=O) groups is 1. The molecular weight excluding hydrogens is 423 g/mol. The lowest BCUT2D eigenvalue weighted by atomic mass is 9.81. The van der Waals surface area contributed by atoms with E-state index in [2.05, 4.69) is 4.98 Å². The largest absolute Gasteiger partial charge is 0.473 e.